The molecule has 0 fully saturated rings. The van der Waals surface area contributed by atoms with Crippen molar-refractivity contribution >= 4 is 22.6 Å². The van der Waals surface area contributed by atoms with Crippen LogP contribution in [0.4, 0.5) is 13.2 Å². The highest BCUT2D eigenvalue weighted by Crippen LogP contribution is 2.31. The number of benzene rings is 2. The first kappa shape index (κ1) is 14.2. The fourth-order valence-corrected chi connectivity index (χ4v) is 2.01. The second kappa shape index (κ2) is 5.81. The van der Waals surface area contributed by atoms with E-state index in [1.807, 2.05) is 18.2 Å². The van der Waals surface area contributed by atoms with Crippen LogP contribution in [0.25, 0.3) is 0 Å². The fraction of sp³-hybridized carbons (Fsp3) is 0.143. The van der Waals surface area contributed by atoms with Crippen molar-refractivity contribution in [1.82, 2.24) is 0 Å². The molecular weight excluding hydrogens is 368 g/mol. The molecule has 0 aromatic heterocycles. The molecule has 0 saturated heterocycles. The van der Waals surface area contributed by atoms with Gasteiger partial charge in [0, 0.05) is 4.43 Å². The van der Waals surface area contributed by atoms with Gasteiger partial charge in [0.05, 0.1) is 5.56 Å². The zero-order valence-electron chi connectivity index (χ0n) is 9.75. The van der Waals surface area contributed by atoms with Crippen LogP contribution >= 0.6 is 22.6 Å². The van der Waals surface area contributed by atoms with Crippen molar-refractivity contribution in [3.8, 4) is 11.5 Å². The number of halogens is 4. The third-order valence-electron chi connectivity index (χ3n) is 2.47. The normalized spacial score (nSPS) is 11.4. The van der Waals surface area contributed by atoms with Crippen LogP contribution in [-0.4, -0.2) is 0 Å². The van der Waals surface area contributed by atoms with E-state index < -0.39 is 11.7 Å². The minimum Gasteiger partial charge on any atom is -0.457 e. The maximum atomic E-state index is 12.4. The molecule has 2 aromatic carbocycles. The van der Waals surface area contributed by atoms with E-state index in [4.69, 9.17) is 4.74 Å². The summed E-state index contributed by atoms with van der Waals surface area (Å²) in [6.45, 7) is 0. The van der Waals surface area contributed by atoms with E-state index in [9.17, 15) is 13.2 Å². The van der Waals surface area contributed by atoms with Gasteiger partial charge < -0.3 is 4.74 Å². The summed E-state index contributed by atoms with van der Waals surface area (Å²) < 4.78 is 43.6. The van der Waals surface area contributed by atoms with E-state index in [-0.39, 0.29) is 0 Å². The second-order valence-electron chi connectivity index (χ2n) is 3.91. The Labute approximate surface area is 122 Å². The molecule has 0 amide bonds. The summed E-state index contributed by atoms with van der Waals surface area (Å²) >= 11 is 2.23. The molecule has 0 spiro atoms. The lowest BCUT2D eigenvalue weighted by molar-refractivity contribution is -0.137. The lowest BCUT2D eigenvalue weighted by Crippen LogP contribution is -2.03. The molecule has 0 unspecified atom stereocenters. The molecule has 0 aliphatic carbocycles. The zero-order chi connectivity index (χ0) is 13.9. The Morgan fingerprint density at radius 1 is 0.947 bits per heavy atom. The summed E-state index contributed by atoms with van der Waals surface area (Å²) in [5.41, 5.74) is 0.422. The fourth-order valence-electron chi connectivity index (χ4n) is 1.54. The first-order valence-electron chi connectivity index (χ1n) is 5.49. The molecule has 0 heterocycles. The van der Waals surface area contributed by atoms with Crippen molar-refractivity contribution < 1.29 is 17.9 Å². The van der Waals surface area contributed by atoms with Crippen molar-refractivity contribution in [2.45, 2.75) is 10.6 Å². The van der Waals surface area contributed by atoms with Gasteiger partial charge in [0.2, 0.25) is 0 Å². The summed E-state index contributed by atoms with van der Waals surface area (Å²) in [6, 6.07) is 12.1. The molecule has 5 heteroatoms. The summed E-state index contributed by atoms with van der Waals surface area (Å²) in [5.74, 6) is 1.01. The molecule has 2 rings (SSSR count). The summed E-state index contributed by atoms with van der Waals surface area (Å²) in [4.78, 5) is 0. The standard InChI is InChI=1S/C14H10F3IO/c15-14(16,17)11-4-6-12(7-5-11)19-13-3-1-2-10(8-13)9-18/h1-8H,9H2. The van der Waals surface area contributed by atoms with Gasteiger partial charge in [-0.05, 0) is 42.0 Å². The average molecular weight is 378 g/mol. The van der Waals surface area contributed by atoms with Gasteiger partial charge in [-0.15, -0.1) is 0 Å². The van der Waals surface area contributed by atoms with Crippen molar-refractivity contribution in [2.75, 3.05) is 0 Å². The van der Waals surface area contributed by atoms with Crippen molar-refractivity contribution in [3.05, 3.63) is 59.7 Å². The van der Waals surface area contributed by atoms with Crippen LogP contribution in [0.3, 0.4) is 0 Å². The third kappa shape index (κ3) is 3.86. The largest absolute Gasteiger partial charge is 0.457 e. The van der Waals surface area contributed by atoms with Gasteiger partial charge in [-0.2, -0.15) is 13.2 Å². The Hall–Kier alpha value is -1.24. The zero-order valence-corrected chi connectivity index (χ0v) is 11.9. The lowest BCUT2D eigenvalue weighted by Gasteiger charge is -2.09. The molecule has 0 atom stereocenters. The second-order valence-corrected chi connectivity index (χ2v) is 4.67. The van der Waals surface area contributed by atoms with Crippen molar-refractivity contribution in [3.63, 3.8) is 0 Å². The minimum absolute atomic E-state index is 0.388. The van der Waals surface area contributed by atoms with E-state index in [1.165, 1.54) is 12.1 Å². The van der Waals surface area contributed by atoms with E-state index in [0.717, 1.165) is 22.1 Å². The molecule has 0 radical (unpaired) electrons. The number of hydrogen-bond donors (Lipinski definition) is 0. The molecular formula is C14H10F3IO. The first-order valence-corrected chi connectivity index (χ1v) is 7.01. The summed E-state index contributed by atoms with van der Waals surface area (Å²) in [7, 11) is 0. The van der Waals surface area contributed by atoms with Crippen LogP contribution in [0.2, 0.25) is 0 Å². The van der Waals surface area contributed by atoms with E-state index >= 15 is 0 Å². The minimum atomic E-state index is -4.32. The van der Waals surface area contributed by atoms with Crippen molar-refractivity contribution in [2.24, 2.45) is 0 Å². The Bertz CT molecular complexity index is 549. The lowest BCUT2D eigenvalue weighted by atomic mass is 10.2. The maximum Gasteiger partial charge on any atom is 0.416 e. The number of rotatable bonds is 3. The van der Waals surface area contributed by atoms with Crippen LogP contribution in [0, 0.1) is 0 Å². The summed E-state index contributed by atoms with van der Waals surface area (Å²) in [6.07, 6.45) is -4.32. The highest BCUT2D eigenvalue weighted by molar-refractivity contribution is 14.1. The predicted octanol–water partition coefficient (Wildman–Crippen LogP) is 5.43. The smallest absolute Gasteiger partial charge is 0.416 e. The highest BCUT2D eigenvalue weighted by Gasteiger charge is 2.30. The number of hydrogen-bond acceptors (Lipinski definition) is 1. The maximum absolute atomic E-state index is 12.4. The van der Waals surface area contributed by atoms with Gasteiger partial charge in [-0.25, -0.2) is 0 Å². The van der Waals surface area contributed by atoms with E-state index in [1.54, 1.807) is 6.07 Å². The molecule has 0 N–H and O–H groups in total. The third-order valence-corrected chi connectivity index (χ3v) is 3.35. The van der Waals surface area contributed by atoms with E-state index in [2.05, 4.69) is 22.6 Å². The number of alkyl halides is 4. The van der Waals surface area contributed by atoms with Gasteiger partial charge in [0.15, 0.2) is 0 Å². The van der Waals surface area contributed by atoms with Gasteiger partial charge >= 0.3 is 6.18 Å². The highest BCUT2D eigenvalue weighted by atomic mass is 127. The first-order chi connectivity index (χ1) is 8.99. The molecule has 1 nitrogen and oxygen atoms in total. The van der Waals surface area contributed by atoms with Crippen molar-refractivity contribution in [1.29, 1.82) is 0 Å². The molecule has 0 bridgehead atoms. The molecule has 19 heavy (non-hydrogen) atoms. The molecule has 100 valence electrons. The van der Waals surface area contributed by atoms with Gasteiger partial charge in [-0.3, -0.25) is 0 Å². The Balaban J connectivity index is 2.15. The van der Waals surface area contributed by atoms with Gasteiger partial charge in [0.1, 0.15) is 11.5 Å². The monoisotopic (exact) mass is 378 g/mol. The number of ether oxygens (including phenoxy) is 1. The summed E-state index contributed by atoms with van der Waals surface area (Å²) in [5, 5.41) is 0. The van der Waals surface area contributed by atoms with Crippen LogP contribution in [0.15, 0.2) is 48.5 Å². The quantitative estimate of drug-likeness (QED) is 0.511. The Morgan fingerprint density at radius 3 is 2.21 bits per heavy atom. The average Bonchev–Trinajstić information content (AvgIpc) is 2.38. The molecule has 2 aromatic rings. The van der Waals surface area contributed by atoms with Crippen LogP contribution in [0.1, 0.15) is 11.1 Å². The predicted molar refractivity (Wildman–Crippen MR) is 75.7 cm³/mol. The Kier molecular flexibility index (Phi) is 4.34. The van der Waals surface area contributed by atoms with Gasteiger partial charge in [-0.1, -0.05) is 34.7 Å². The molecule has 0 saturated carbocycles. The van der Waals surface area contributed by atoms with Gasteiger partial charge in [0.25, 0.3) is 0 Å². The molecule has 0 aliphatic heterocycles. The van der Waals surface area contributed by atoms with Crippen LogP contribution < -0.4 is 4.74 Å². The van der Waals surface area contributed by atoms with Crippen LogP contribution in [-0.2, 0) is 10.6 Å². The SMILES string of the molecule is FC(F)(F)c1ccc(Oc2cccc(CI)c2)cc1. The topological polar surface area (TPSA) is 9.23 Å². The van der Waals surface area contributed by atoms with E-state index in [0.29, 0.717) is 11.5 Å². The Morgan fingerprint density at radius 2 is 1.63 bits per heavy atom. The van der Waals surface area contributed by atoms with Crippen LogP contribution in [0.5, 0.6) is 11.5 Å². The molecule has 0 aliphatic rings.